The molecule has 0 amide bonds. The van der Waals surface area contributed by atoms with Gasteiger partial charge in [0, 0.05) is 16.5 Å². The van der Waals surface area contributed by atoms with Crippen LogP contribution in [-0.2, 0) is 12.8 Å². The van der Waals surface area contributed by atoms with Gasteiger partial charge in [-0.1, -0.05) is 0 Å². The Hall–Kier alpha value is -2.34. The summed E-state index contributed by atoms with van der Waals surface area (Å²) in [4.78, 5) is 29.5. The topological polar surface area (TPSA) is 111 Å². The summed E-state index contributed by atoms with van der Waals surface area (Å²) in [7, 11) is 0. The van der Waals surface area contributed by atoms with Gasteiger partial charge in [-0.05, 0) is 59.9 Å². The molecular formula is C17H13IN4O4S. The van der Waals surface area contributed by atoms with Crippen LogP contribution in [0.25, 0.3) is 10.2 Å². The van der Waals surface area contributed by atoms with Crippen molar-refractivity contribution in [3.63, 3.8) is 0 Å². The molecule has 1 aliphatic carbocycles. The number of halogens is 1. The molecule has 0 spiro atoms. The number of phenolic OH excluding ortho intramolecular Hbond substituents is 1. The van der Waals surface area contributed by atoms with Gasteiger partial charge < -0.3 is 5.11 Å². The second-order valence-corrected chi connectivity index (χ2v) is 8.40. The van der Waals surface area contributed by atoms with Gasteiger partial charge in [-0.25, -0.2) is 4.98 Å². The second-order valence-electron chi connectivity index (χ2n) is 6.16. The molecule has 0 aliphatic heterocycles. The van der Waals surface area contributed by atoms with E-state index in [0.29, 0.717) is 14.5 Å². The van der Waals surface area contributed by atoms with E-state index < -0.39 is 10.6 Å². The number of nitro groups is 1. The van der Waals surface area contributed by atoms with Crippen LogP contribution in [0.5, 0.6) is 5.75 Å². The van der Waals surface area contributed by atoms with E-state index in [-0.39, 0.29) is 11.3 Å². The summed E-state index contributed by atoms with van der Waals surface area (Å²) in [5, 5.41) is 25.6. The fourth-order valence-corrected chi connectivity index (χ4v) is 5.02. The van der Waals surface area contributed by atoms with E-state index in [0.717, 1.165) is 40.8 Å². The summed E-state index contributed by atoms with van der Waals surface area (Å²) in [6.07, 6.45) is 6.76. The number of hydrogen-bond acceptors (Lipinski definition) is 7. The zero-order chi connectivity index (χ0) is 19.1. The molecule has 0 fully saturated rings. The summed E-state index contributed by atoms with van der Waals surface area (Å²) in [6.45, 7) is 0. The maximum atomic E-state index is 12.8. The minimum absolute atomic E-state index is 0.237. The van der Waals surface area contributed by atoms with E-state index in [9.17, 15) is 20.0 Å². The summed E-state index contributed by atoms with van der Waals surface area (Å²) >= 11 is 3.37. The van der Waals surface area contributed by atoms with Crippen LogP contribution >= 0.6 is 33.9 Å². The van der Waals surface area contributed by atoms with Crippen LogP contribution in [0, 0.1) is 13.7 Å². The zero-order valence-electron chi connectivity index (χ0n) is 13.9. The Morgan fingerprint density at radius 3 is 2.93 bits per heavy atom. The molecule has 0 atom stereocenters. The van der Waals surface area contributed by atoms with Crippen LogP contribution in [0.4, 0.5) is 5.69 Å². The molecule has 4 rings (SSSR count). The van der Waals surface area contributed by atoms with Gasteiger partial charge in [0.15, 0.2) is 0 Å². The summed E-state index contributed by atoms with van der Waals surface area (Å²) in [5.74, 6) is -0.386. The number of hydrogen-bond donors (Lipinski definition) is 1. The van der Waals surface area contributed by atoms with Crippen LogP contribution in [-0.4, -0.2) is 25.9 Å². The molecule has 10 heteroatoms. The molecule has 8 nitrogen and oxygen atoms in total. The van der Waals surface area contributed by atoms with E-state index in [2.05, 4.69) is 10.1 Å². The lowest BCUT2D eigenvalue weighted by Crippen LogP contribution is -2.18. The number of benzene rings is 1. The Kier molecular flexibility index (Phi) is 4.68. The molecule has 0 unspecified atom stereocenters. The predicted octanol–water partition coefficient (Wildman–Crippen LogP) is 3.44. The average molecular weight is 496 g/mol. The van der Waals surface area contributed by atoms with Crippen LogP contribution in [0.1, 0.15) is 28.8 Å². The Morgan fingerprint density at radius 2 is 2.15 bits per heavy atom. The highest BCUT2D eigenvalue weighted by atomic mass is 127. The van der Waals surface area contributed by atoms with E-state index >= 15 is 0 Å². The Balaban J connectivity index is 1.77. The molecule has 1 aromatic carbocycles. The standard InChI is InChI=1S/C17H13IN4O4S/c18-11-5-9(6-12(15(11)23)22(25)26)7-20-21-8-19-16-14(17(21)24)10-3-1-2-4-13(10)27-16/h5-8,23H,1-4H2/b20-7-. The third kappa shape index (κ3) is 3.23. The molecule has 0 saturated carbocycles. The average Bonchev–Trinajstić information content (AvgIpc) is 3.02. The molecule has 3 aromatic rings. The third-order valence-electron chi connectivity index (χ3n) is 4.45. The van der Waals surface area contributed by atoms with Gasteiger partial charge in [-0.3, -0.25) is 14.9 Å². The van der Waals surface area contributed by atoms with Gasteiger partial charge in [0.25, 0.3) is 5.56 Å². The highest BCUT2D eigenvalue weighted by Crippen LogP contribution is 2.33. The van der Waals surface area contributed by atoms with Gasteiger partial charge in [-0.15, -0.1) is 11.3 Å². The normalized spacial score (nSPS) is 14.0. The number of aromatic nitrogens is 2. The number of phenols is 1. The Labute approximate surface area is 170 Å². The highest BCUT2D eigenvalue weighted by molar-refractivity contribution is 14.1. The van der Waals surface area contributed by atoms with Crippen molar-refractivity contribution in [2.45, 2.75) is 25.7 Å². The summed E-state index contributed by atoms with van der Waals surface area (Å²) < 4.78 is 1.48. The Bertz CT molecular complexity index is 1170. The first-order chi connectivity index (χ1) is 13.0. The first-order valence-electron chi connectivity index (χ1n) is 8.19. The minimum Gasteiger partial charge on any atom is -0.501 e. The van der Waals surface area contributed by atoms with Crippen molar-refractivity contribution in [1.29, 1.82) is 0 Å². The van der Waals surface area contributed by atoms with E-state index in [4.69, 9.17) is 0 Å². The highest BCUT2D eigenvalue weighted by Gasteiger charge is 2.20. The molecule has 0 radical (unpaired) electrons. The second kappa shape index (κ2) is 7.00. The molecule has 2 heterocycles. The zero-order valence-corrected chi connectivity index (χ0v) is 16.9. The molecule has 2 aromatic heterocycles. The number of aryl methyl sites for hydroxylation is 2. The van der Waals surface area contributed by atoms with E-state index in [1.54, 1.807) is 17.4 Å². The molecule has 0 saturated heterocycles. The SMILES string of the molecule is O=c1c2c3c(sc2ncn1/N=C\c1cc(I)c(O)c([N+](=O)[O-])c1)CCCC3. The van der Waals surface area contributed by atoms with Gasteiger partial charge in [0.1, 0.15) is 11.2 Å². The van der Waals surface area contributed by atoms with Crippen LogP contribution in [0.3, 0.4) is 0 Å². The van der Waals surface area contributed by atoms with Crippen LogP contribution < -0.4 is 5.56 Å². The molecule has 1 aliphatic rings. The first kappa shape index (κ1) is 18.0. The molecular weight excluding hydrogens is 483 g/mol. The monoisotopic (exact) mass is 496 g/mol. The van der Waals surface area contributed by atoms with Crippen molar-refractivity contribution in [3.8, 4) is 5.75 Å². The maximum Gasteiger partial charge on any atom is 0.312 e. The number of rotatable bonds is 3. The lowest BCUT2D eigenvalue weighted by atomic mass is 9.97. The van der Waals surface area contributed by atoms with E-state index in [1.165, 1.54) is 23.5 Å². The van der Waals surface area contributed by atoms with Crippen molar-refractivity contribution in [1.82, 2.24) is 9.66 Å². The Morgan fingerprint density at radius 1 is 1.37 bits per heavy atom. The van der Waals surface area contributed by atoms with Crippen molar-refractivity contribution in [2.24, 2.45) is 5.10 Å². The lowest BCUT2D eigenvalue weighted by molar-refractivity contribution is -0.386. The molecule has 138 valence electrons. The smallest absolute Gasteiger partial charge is 0.312 e. The van der Waals surface area contributed by atoms with Gasteiger partial charge in [0.05, 0.1) is 20.1 Å². The number of thiophene rings is 1. The lowest BCUT2D eigenvalue weighted by Gasteiger charge is -2.09. The molecule has 27 heavy (non-hydrogen) atoms. The summed E-state index contributed by atoms with van der Waals surface area (Å²) in [6, 6.07) is 2.76. The predicted molar refractivity (Wildman–Crippen MR) is 111 cm³/mol. The number of nitro benzene ring substituents is 1. The van der Waals surface area contributed by atoms with Crippen LogP contribution in [0.2, 0.25) is 0 Å². The van der Waals surface area contributed by atoms with E-state index in [1.807, 2.05) is 22.6 Å². The van der Waals surface area contributed by atoms with Crippen LogP contribution in [0.15, 0.2) is 28.4 Å². The maximum absolute atomic E-state index is 12.8. The quantitative estimate of drug-likeness (QED) is 0.259. The number of nitrogens with zero attached hydrogens (tertiary/aromatic N) is 4. The van der Waals surface area contributed by atoms with Crippen molar-refractivity contribution in [2.75, 3.05) is 0 Å². The van der Waals surface area contributed by atoms with Gasteiger partial charge in [0.2, 0.25) is 5.75 Å². The van der Waals surface area contributed by atoms with Crippen molar-refractivity contribution < 1.29 is 10.0 Å². The minimum atomic E-state index is -0.660. The van der Waals surface area contributed by atoms with Gasteiger partial charge in [-0.2, -0.15) is 9.78 Å². The largest absolute Gasteiger partial charge is 0.501 e. The third-order valence-corrected chi connectivity index (χ3v) is 6.47. The fraction of sp³-hybridized carbons (Fsp3) is 0.235. The van der Waals surface area contributed by atoms with Crippen molar-refractivity contribution >= 4 is 56.0 Å². The first-order valence-corrected chi connectivity index (χ1v) is 10.1. The molecule has 0 bridgehead atoms. The van der Waals surface area contributed by atoms with Crippen molar-refractivity contribution in [3.05, 3.63) is 58.5 Å². The summed E-state index contributed by atoms with van der Waals surface area (Å²) in [5.41, 5.74) is 0.844. The molecule has 1 N–H and O–H groups in total. The number of aromatic hydroxyl groups is 1. The number of fused-ring (bicyclic) bond motifs is 3. The van der Waals surface area contributed by atoms with Gasteiger partial charge >= 0.3 is 5.69 Å². The fourth-order valence-electron chi connectivity index (χ4n) is 3.17.